The van der Waals surface area contributed by atoms with Crippen LogP contribution in [0.25, 0.3) is 22.6 Å². The van der Waals surface area contributed by atoms with Gasteiger partial charge in [0.1, 0.15) is 5.69 Å². The smallest absolute Gasteiger partial charge is 0.254 e. The highest BCUT2D eigenvalue weighted by molar-refractivity contribution is 5.97. The fourth-order valence-electron chi connectivity index (χ4n) is 3.94. The van der Waals surface area contributed by atoms with E-state index in [2.05, 4.69) is 25.2 Å². The number of anilines is 1. The first kappa shape index (κ1) is 24.4. The van der Waals surface area contributed by atoms with E-state index in [1.807, 2.05) is 7.05 Å². The Hall–Kier alpha value is -3.73. The largest absolute Gasteiger partial charge is 0.476 e. The molecule has 1 atom stereocenters. The fraction of sp³-hybridized carbons (Fsp3) is 0.333. The van der Waals surface area contributed by atoms with Gasteiger partial charge in [0.25, 0.3) is 5.91 Å². The van der Waals surface area contributed by atoms with Crippen LogP contribution in [0.3, 0.4) is 0 Å². The van der Waals surface area contributed by atoms with Gasteiger partial charge in [-0.1, -0.05) is 0 Å². The van der Waals surface area contributed by atoms with Gasteiger partial charge >= 0.3 is 0 Å². The third-order valence-electron chi connectivity index (χ3n) is 5.67. The SMILES string of the molecule is CCOc1ncc(-c2cc(C(=O)N[C@H]3CCCN(C)C3)c(F)c(-c3ccc(N)c(F)n3)n2)cc1F. The van der Waals surface area contributed by atoms with Gasteiger partial charge in [-0.2, -0.15) is 4.39 Å². The Labute approximate surface area is 200 Å². The van der Waals surface area contributed by atoms with E-state index in [-0.39, 0.29) is 52.4 Å². The van der Waals surface area contributed by atoms with E-state index in [0.717, 1.165) is 25.5 Å². The lowest BCUT2D eigenvalue weighted by molar-refractivity contribution is 0.0908. The lowest BCUT2D eigenvalue weighted by Crippen LogP contribution is -2.46. The Kier molecular flexibility index (Phi) is 7.15. The number of hydrogen-bond donors (Lipinski definition) is 2. The minimum absolute atomic E-state index is 0.0563. The Bertz CT molecular complexity index is 1260. The second-order valence-electron chi connectivity index (χ2n) is 8.31. The van der Waals surface area contributed by atoms with Crippen molar-refractivity contribution in [3.05, 3.63) is 53.6 Å². The first-order valence-electron chi connectivity index (χ1n) is 11.2. The number of amides is 1. The van der Waals surface area contributed by atoms with Crippen molar-refractivity contribution in [1.82, 2.24) is 25.2 Å². The molecule has 35 heavy (non-hydrogen) atoms. The maximum absolute atomic E-state index is 15.6. The molecule has 11 heteroatoms. The average Bonchev–Trinajstić information content (AvgIpc) is 2.82. The molecular formula is C24H25F3N6O2. The lowest BCUT2D eigenvalue weighted by atomic mass is 10.0. The topological polar surface area (TPSA) is 106 Å². The van der Waals surface area contributed by atoms with Gasteiger partial charge < -0.3 is 20.7 Å². The van der Waals surface area contributed by atoms with Crippen LogP contribution in [0.1, 0.15) is 30.1 Å². The summed E-state index contributed by atoms with van der Waals surface area (Å²) in [7, 11) is 1.94. The molecule has 4 rings (SSSR count). The summed E-state index contributed by atoms with van der Waals surface area (Å²) in [5, 5.41) is 2.85. The predicted octanol–water partition coefficient (Wildman–Crippen LogP) is 3.43. The molecule has 0 radical (unpaired) electrons. The number of aromatic nitrogens is 3. The Morgan fingerprint density at radius 2 is 2.03 bits per heavy atom. The number of carbonyl (C=O) groups is 1. The molecule has 1 saturated heterocycles. The highest BCUT2D eigenvalue weighted by Crippen LogP contribution is 2.29. The minimum Gasteiger partial charge on any atom is -0.476 e. The molecule has 1 aliphatic heterocycles. The third-order valence-corrected chi connectivity index (χ3v) is 5.67. The predicted molar refractivity (Wildman–Crippen MR) is 124 cm³/mol. The van der Waals surface area contributed by atoms with Gasteiger partial charge in [0.15, 0.2) is 11.6 Å². The van der Waals surface area contributed by atoms with Crippen molar-refractivity contribution >= 4 is 11.6 Å². The average molecular weight is 486 g/mol. The quantitative estimate of drug-likeness (QED) is 0.514. The highest BCUT2D eigenvalue weighted by atomic mass is 19.1. The van der Waals surface area contributed by atoms with Gasteiger partial charge in [-0.25, -0.2) is 23.7 Å². The number of likely N-dealkylation sites (tertiary alicyclic amines) is 1. The van der Waals surface area contributed by atoms with Gasteiger partial charge in [-0.3, -0.25) is 4.79 Å². The Morgan fingerprint density at radius 1 is 1.23 bits per heavy atom. The van der Waals surface area contributed by atoms with E-state index >= 15 is 4.39 Å². The summed E-state index contributed by atoms with van der Waals surface area (Å²) in [6.45, 7) is 3.44. The molecule has 0 aromatic carbocycles. The van der Waals surface area contributed by atoms with Gasteiger partial charge in [0.05, 0.1) is 29.2 Å². The first-order chi connectivity index (χ1) is 16.8. The van der Waals surface area contributed by atoms with Crippen LogP contribution in [0.4, 0.5) is 18.9 Å². The van der Waals surface area contributed by atoms with Crippen LogP contribution in [-0.4, -0.2) is 58.5 Å². The summed E-state index contributed by atoms with van der Waals surface area (Å²) in [5.74, 6) is -3.58. The van der Waals surface area contributed by atoms with Crippen LogP contribution in [0, 0.1) is 17.6 Å². The molecular weight excluding hydrogens is 461 g/mol. The summed E-state index contributed by atoms with van der Waals surface area (Å²) >= 11 is 0. The summed E-state index contributed by atoms with van der Waals surface area (Å²) in [4.78, 5) is 27.0. The zero-order valence-corrected chi connectivity index (χ0v) is 19.3. The normalized spacial score (nSPS) is 16.2. The first-order valence-corrected chi connectivity index (χ1v) is 11.2. The van der Waals surface area contributed by atoms with Crippen molar-refractivity contribution in [3.8, 4) is 28.5 Å². The molecule has 1 amide bonds. The fourth-order valence-corrected chi connectivity index (χ4v) is 3.94. The van der Waals surface area contributed by atoms with E-state index in [0.29, 0.717) is 6.54 Å². The molecule has 184 valence electrons. The maximum atomic E-state index is 15.6. The maximum Gasteiger partial charge on any atom is 0.254 e. The molecule has 8 nitrogen and oxygen atoms in total. The molecule has 1 fully saturated rings. The molecule has 0 aliphatic carbocycles. The van der Waals surface area contributed by atoms with Crippen LogP contribution >= 0.6 is 0 Å². The zero-order valence-electron chi connectivity index (χ0n) is 19.3. The van der Waals surface area contributed by atoms with E-state index in [9.17, 15) is 13.6 Å². The number of ether oxygens (including phenoxy) is 1. The number of likely N-dealkylation sites (N-methyl/N-ethyl adjacent to an activating group) is 1. The number of nitrogens with one attached hydrogen (secondary N) is 1. The molecule has 0 unspecified atom stereocenters. The van der Waals surface area contributed by atoms with Crippen LogP contribution in [-0.2, 0) is 0 Å². The van der Waals surface area contributed by atoms with Crippen molar-refractivity contribution in [2.24, 2.45) is 0 Å². The molecule has 4 heterocycles. The van der Waals surface area contributed by atoms with E-state index in [1.54, 1.807) is 6.92 Å². The van der Waals surface area contributed by atoms with Gasteiger partial charge in [-0.15, -0.1) is 0 Å². The number of nitrogens with two attached hydrogens (primary N) is 1. The highest BCUT2D eigenvalue weighted by Gasteiger charge is 2.25. The third kappa shape index (κ3) is 5.35. The van der Waals surface area contributed by atoms with Crippen LogP contribution in [0.15, 0.2) is 30.5 Å². The molecule has 0 spiro atoms. The molecule has 1 aliphatic rings. The molecule has 3 N–H and O–H groups in total. The van der Waals surface area contributed by atoms with E-state index in [1.165, 1.54) is 24.4 Å². The number of nitrogen functional groups attached to an aromatic ring is 1. The number of nitrogens with zero attached hydrogens (tertiary/aromatic N) is 4. The van der Waals surface area contributed by atoms with Gasteiger partial charge in [0.2, 0.25) is 11.8 Å². The summed E-state index contributed by atoms with van der Waals surface area (Å²) in [5.41, 5.74) is 4.64. The van der Waals surface area contributed by atoms with Gasteiger partial charge in [0, 0.05) is 24.3 Å². The summed E-state index contributed by atoms with van der Waals surface area (Å²) in [6.07, 6.45) is 2.94. The minimum atomic E-state index is -1.00. The standard InChI is InChI=1S/C24H25F3N6O2/c1-3-35-24-16(25)9-13(11-29-24)19-10-15(23(34)30-14-5-4-8-33(2)12-14)20(26)21(31-19)18-7-6-17(28)22(27)32-18/h6-7,9-11,14H,3-5,8,12,28H2,1-2H3,(H,30,34)/t14-/m0/s1. The number of carbonyl (C=O) groups excluding carboxylic acids is 1. The Morgan fingerprint density at radius 3 is 2.71 bits per heavy atom. The van der Waals surface area contributed by atoms with Crippen molar-refractivity contribution in [2.75, 3.05) is 32.5 Å². The van der Waals surface area contributed by atoms with Crippen molar-refractivity contribution in [1.29, 1.82) is 0 Å². The molecule has 3 aromatic heterocycles. The molecule has 3 aromatic rings. The van der Waals surface area contributed by atoms with Crippen LogP contribution in [0.5, 0.6) is 5.88 Å². The lowest BCUT2D eigenvalue weighted by Gasteiger charge is -2.30. The number of halogens is 3. The number of rotatable bonds is 6. The molecule has 0 bridgehead atoms. The monoisotopic (exact) mass is 486 g/mol. The van der Waals surface area contributed by atoms with Crippen LogP contribution in [0.2, 0.25) is 0 Å². The Balaban J connectivity index is 1.79. The van der Waals surface area contributed by atoms with Crippen molar-refractivity contribution in [2.45, 2.75) is 25.8 Å². The second-order valence-corrected chi connectivity index (χ2v) is 8.31. The van der Waals surface area contributed by atoms with Crippen molar-refractivity contribution < 1.29 is 22.7 Å². The number of piperidine rings is 1. The summed E-state index contributed by atoms with van der Waals surface area (Å²) in [6, 6.07) is 4.68. The summed E-state index contributed by atoms with van der Waals surface area (Å²) < 4.78 is 49.2. The van der Waals surface area contributed by atoms with E-state index in [4.69, 9.17) is 10.5 Å². The second kappa shape index (κ2) is 10.3. The molecule has 0 saturated carbocycles. The number of pyridine rings is 3. The van der Waals surface area contributed by atoms with E-state index < -0.39 is 23.5 Å². The van der Waals surface area contributed by atoms with Crippen LogP contribution < -0.4 is 15.8 Å². The van der Waals surface area contributed by atoms with Gasteiger partial charge in [-0.05, 0) is 57.6 Å². The zero-order chi connectivity index (χ0) is 25.1. The van der Waals surface area contributed by atoms with Crippen molar-refractivity contribution in [3.63, 3.8) is 0 Å². The number of hydrogen-bond acceptors (Lipinski definition) is 7.